The van der Waals surface area contributed by atoms with Crippen LogP contribution in [0.25, 0.3) is 0 Å². The average Bonchev–Trinajstić information content (AvgIpc) is 3.02. The number of carbonyl (C=O) groups is 1. The minimum absolute atomic E-state index is 0.0710. The molecule has 0 amide bonds. The number of rotatable bonds is 8. The Kier molecular flexibility index (Phi) is 5.68. The van der Waals surface area contributed by atoms with E-state index in [1.165, 1.54) is 0 Å². The van der Waals surface area contributed by atoms with Gasteiger partial charge in [-0.05, 0) is 29.8 Å². The predicted molar refractivity (Wildman–Crippen MR) is 92.9 cm³/mol. The third-order valence-electron chi connectivity index (χ3n) is 4.10. The van der Waals surface area contributed by atoms with E-state index in [1.54, 1.807) is 7.11 Å². The van der Waals surface area contributed by atoms with E-state index >= 15 is 0 Å². The Morgan fingerprint density at radius 1 is 1.00 bits per heavy atom. The Hall–Kier alpha value is -2.37. The molecular formula is C20H22O5. The number of carbonyl (C=O) groups excluding carboxylic acids is 1. The molecule has 5 nitrogen and oxygen atoms in total. The molecule has 2 aromatic carbocycles. The van der Waals surface area contributed by atoms with Crippen molar-refractivity contribution in [2.75, 3.05) is 26.9 Å². The average molecular weight is 342 g/mol. The molecule has 1 aliphatic rings. The lowest BCUT2D eigenvalue weighted by Crippen LogP contribution is -2.40. The first-order valence-corrected chi connectivity index (χ1v) is 8.23. The molecule has 0 saturated carbocycles. The Balaban J connectivity index is 1.57. The molecule has 0 spiro atoms. The number of Topliss-reactive ketones (excluding diaryl/α,β-unsaturated/α-hetero) is 1. The Bertz CT molecular complexity index is 683. The van der Waals surface area contributed by atoms with Crippen LogP contribution < -0.4 is 9.47 Å². The van der Waals surface area contributed by atoms with Gasteiger partial charge in [0, 0.05) is 6.42 Å². The van der Waals surface area contributed by atoms with Gasteiger partial charge >= 0.3 is 0 Å². The minimum atomic E-state index is -0.730. The van der Waals surface area contributed by atoms with E-state index in [0.717, 1.165) is 11.3 Å². The van der Waals surface area contributed by atoms with Crippen molar-refractivity contribution in [2.24, 2.45) is 0 Å². The van der Waals surface area contributed by atoms with Crippen LogP contribution in [0.2, 0.25) is 0 Å². The Labute approximate surface area is 147 Å². The molecule has 0 aliphatic carbocycles. The smallest absolute Gasteiger partial charge is 0.161 e. The first-order chi connectivity index (χ1) is 12.2. The number of ketones is 1. The number of hydrogen-bond acceptors (Lipinski definition) is 5. The van der Waals surface area contributed by atoms with Crippen LogP contribution in [-0.2, 0) is 20.9 Å². The van der Waals surface area contributed by atoms with E-state index < -0.39 is 5.60 Å². The maximum absolute atomic E-state index is 11.7. The van der Waals surface area contributed by atoms with Crippen molar-refractivity contribution in [3.05, 3.63) is 60.2 Å². The van der Waals surface area contributed by atoms with Crippen LogP contribution in [0, 0.1) is 0 Å². The molecule has 1 heterocycles. The molecule has 0 aromatic heterocycles. The highest BCUT2D eigenvalue weighted by molar-refractivity contribution is 5.82. The zero-order valence-corrected chi connectivity index (χ0v) is 14.3. The summed E-state index contributed by atoms with van der Waals surface area (Å²) in [6.45, 7) is 1.16. The number of ether oxygens (including phenoxy) is 4. The van der Waals surface area contributed by atoms with Gasteiger partial charge in [0.25, 0.3) is 0 Å². The molecule has 132 valence electrons. The van der Waals surface area contributed by atoms with Crippen molar-refractivity contribution in [2.45, 2.75) is 18.6 Å². The molecule has 1 unspecified atom stereocenters. The van der Waals surface area contributed by atoms with E-state index in [9.17, 15) is 4.79 Å². The third kappa shape index (κ3) is 4.81. The summed E-state index contributed by atoms with van der Waals surface area (Å²) in [5.74, 6) is 1.54. The van der Waals surface area contributed by atoms with Gasteiger partial charge < -0.3 is 18.9 Å². The van der Waals surface area contributed by atoms with Gasteiger partial charge in [0.2, 0.25) is 0 Å². The number of hydrogen-bond donors (Lipinski definition) is 0. The maximum Gasteiger partial charge on any atom is 0.161 e. The zero-order valence-electron chi connectivity index (χ0n) is 14.3. The molecule has 1 atom stereocenters. The first kappa shape index (κ1) is 17.5. The third-order valence-corrected chi connectivity index (χ3v) is 4.10. The van der Waals surface area contributed by atoms with Gasteiger partial charge in [-0.3, -0.25) is 4.79 Å². The van der Waals surface area contributed by atoms with E-state index in [1.807, 2.05) is 54.6 Å². The number of benzene rings is 2. The molecule has 25 heavy (non-hydrogen) atoms. The fourth-order valence-electron chi connectivity index (χ4n) is 2.74. The second kappa shape index (κ2) is 8.14. The second-order valence-corrected chi connectivity index (χ2v) is 6.13. The first-order valence-electron chi connectivity index (χ1n) is 8.23. The summed E-state index contributed by atoms with van der Waals surface area (Å²) in [7, 11) is 1.62. The summed E-state index contributed by atoms with van der Waals surface area (Å²) >= 11 is 0. The summed E-state index contributed by atoms with van der Waals surface area (Å²) < 4.78 is 22.5. The van der Waals surface area contributed by atoms with Gasteiger partial charge in [-0.25, -0.2) is 0 Å². The lowest BCUT2D eigenvalue weighted by molar-refractivity contribution is -0.118. The molecule has 3 rings (SSSR count). The largest absolute Gasteiger partial charge is 0.497 e. The van der Waals surface area contributed by atoms with Gasteiger partial charge in [-0.15, -0.1) is 0 Å². The van der Waals surface area contributed by atoms with Crippen molar-refractivity contribution in [1.82, 2.24) is 0 Å². The van der Waals surface area contributed by atoms with Crippen LogP contribution in [0.4, 0.5) is 0 Å². The van der Waals surface area contributed by atoms with E-state index in [0.29, 0.717) is 25.4 Å². The fraction of sp³-hybridized carbons (Fsp3) is 0.350. The number of methoxy groups -OCH3 is 1. The summed E-state index contributed by atoms with van der Waals surface area (Å²) in [6.07, 6.45) is 0.304. The molecule has 5 heteroatoms. The highest BCUT2D eigenvalue weighted by Gasteiger charge is 2.41. The van der Waals surface area contributed by atoms with Gasteiger partial charge in [0.1, 0.15) is 30.3 Å². The second-order valence-electron chi connectivity index (χ2n) is 6.13. The zero-order chi connectivity index (χ0) is 17.5. The van der Waals surface area contributed by atoms with Crippen molar-refractivity contribution in [1.29, 1.82) is 0 Å². The van der Waals surface area contributed by atoms with Crippen LogP contribution >= 0.6 is 0 Å². The molecule has 2 aromatic rings. The molecule has 0 bridgehead atoms. The monoisotopic (exact) mass is 342 g/mol. The Morgan fingerprint density at radius 2 is 1.72 bits per heavy atom. The lowest BCUT2D eigenvalue weighted by atomic mass is 10.0. The van der Waals surface area contributed by atoms with Crippen LogP contribution in [0.15, 0.2) is 54.6 Å². The van der Waals surface area contributed by atoms with Gasteiger partial charge in [0.15, 0.2) is 5.78 Å². The predicted octanol–water partition coefficient (Wildman–Crippen LogP) is 3.02. The summed E-state index contributed by atoms with van der Waals surface area (Å²) in [6, 6.07) is 17.2. The minimum Gasteiger partial charge on any atom is -0.497 e. The van der Waals surface area contributed by atoms with Gasteiger partial charge in [-0.1, -0.05) is 30.3 Å². The lowest BCUT2D eigenvalue weighted by Gasteiger charge is -2.27. The van der Waals surface area contributed by atoms with Crippen molar-refractivity contribution in [3.8, 4) is 11.5 Å². The standard InChI is InChI=1S/C20H22O5/c1-22-18-7-9-19(10-8-18)24-15-20(11-17(21)13-25-20)14-23-12-16-5-3-2-4-6-16/h2-10H,11-15H2,1H3. The quantitative estimate of drug-likeness (QED) is 0.738. The van der Waals surface area contributed by atoms with Crippen LogP contribution in [-0.4, -0.2) is 38.3 Å². The van der Waals surface area contributed by atoms with Gasteiger partial charge in [0.05, 0.1) is 20.3 Å². The molecule has 1 aliphatic heterocycles. The summed E-state index contributed by atoms with van der Waals surface area (Å²) in [4.78, 5) is 11.7. The highest BCUT2D eigenvalue weighted by atomic mass is 16.6. The van der Waals surface area contributed by atoms with Crippen molar-refractivity contribution < 1.29 is 23.7 Å². The molecular weight excluding hydrogens is 320 g/mol. The maximum atomic E-state index is 11.7. The highest BCUT2D eigenvalue weighted by Crippen LogP contribution is 2.27. The fourth-order valence-corrected chi connectivity index (χ4v) is 2.74. The Morgan fingerprint density at radius 3 is 2.36 bits per heavy atom. The summed E-state index contributed by atoms with van der Waals surface area (Å²) in [5, 5.41) is 0. The molecule has 0 radical (unpaired) electrons. The molecule has 1 fully saturated rings. The summed E-state index contributed by atoms with van der Waals surface area (Å²) in [5.41, 5.74) is 0.351. The van der Waals surface area contributed by atoms with Crippen LogP contribution in [0.1, 0.15) is 12.0 Å². The normalized spacial score (nSPS) is 19.8. The van der Waals surface area contributed by atoms with Crippen molar-refractivity contribution >= 4 is 5.78 Å². The van der Waals surface area contributed by atoms with Crippen LogP contribution in [0.5, 0.6) is 11.5 Å². The molecule has 0 N–H and O–H groups in total. The van der Waals surface area contributed by atoms with E-state index in [4.69, 9.17) is 18.9 Å². The van der Waals surface area contributed by atoms with E-state index in [2.05, 4.69) is 0 Å². The van der Waals surface area contributed by atoms with Gasteiger partial charge in [-0.2, -0.15) is 0 Å². The van der Waals surface area contributed by atoms with Crippen LogP contribution in [0.3, 0.4) is 0 Å². The van der Waals surface area contributed by atoms with Crippen molar-refractivity contribution in [3.63, 3.8) is 0 Å². The molecule has 1 saturated heterocycles. The topological polar surface area (TPSA) is 54.0 Å². The SMILES string of the molecule is COc1ccc(OCC2(COCc3ccccc3)CC(=O)CO2)cc1. The van der Waals surface area contributed by atoms with E-state index in [-0.39, 0.29) is 19.0 Å².